The summed E-state index contributed by atoms with van der Waals surface area (Å²) in [4.78, 5) is 35.8. The minimum atomic E-state index is -1.04. The van der Waals surface area contributed by atoms with Crippen LogP contribution in [0.15, 0.2) is 60.7 Å². The molecule has 1 N–H and O–H groups in total. The van der Waals surface area contributed by atoms with Crippen LogP contribution in [0.25, 0.3) is 0 Å². The molecule has 0 radical (unpaired) electrons. The minimum Gasteiger partial charge on any atom is -0.458 e. The number of hydrogen-bond donors (Lipinski definition) is 1. The quantitative estimate of drug-likeness (QED) is 0.621. The van der Waals surface area contributed by atoms with E-state index in [9.17, 15) is 14.4 Å². The first-order valence-corrected chi connectivity index (χ1v) is 8.50. The number of carbonyl (C=O) groups excluding carboxylic acids is 3. The van der Waals surface area contributed by atoms with Gasteiger partial charge in [-0.25, -0.2) is 14.4 Å². The van der Waals surface area contributed by atoms with Crippen LogP contribution in [-0.2, 0) is 37.0 Å². The van der Waals surface area contributed by atoms with E-state index in [2.05, 4.69) is 5.32 Å². The Balaban J connectivity index is 1.44. The van der Waals surface area contributed by atoms with Crippen molar-refractivity contribution in [3.8, 4) is 0 Å². The lowest BCUT2D eigenvalue weighted by molar-refractivity contribution is -0.162. The van der Waals surface area contributed by atoms with E-state index in [-0.39, 0.29) is 19.6 Å². The molecule has 0 aromatic heterocycles. The van der Waals surface area contributed by atoms with E-state index in [1.54, 1.807) is 0 Å². The molecule has 1 fully saturated rings. The molecule has 1 heterocycles. The number of hydrogen-bond acceptors (Lipinski definition) is 6. The van der Waals surface area contributed by atoms with E-state index in [4.69, 9.17) is 14.2 Å². The van der Waals surface area contributed by atoms with Crippen LogP contribution >= 0.6 is 0 Å². The predicted octanol–water partition coefficient (Wildman–Crippen LogP) is 2.34. The number of cyclic esters (lactones) is 1. The fourth-order valence-electron chi connectivity index (χ4n) is 2.57. The van der Waals surface area contributed by atoms with Crippen LogP contribution in [0.3, 0.4) is 0 Å². The molecule has 7 heteroatoms. The van der Waals surface area contributed by atoms with Crippen molar-refractivity contribution in [1.82, 2.24) is 5.32 Å². The molecule has 1 saturated heterocycles. The highest BCUT2D eigenvalue weighted by molar-refractivity contribution is 5.88. The normalized spacial score (nSPS) is 18.4. The molecular weight excluding hydrogens is 350 g/mol. The molecule has 1 amide bonds. The summed E-state index contributed by atoms with van der Waals surface area (Å²) in [5.74, 6) is -1.33. The number of alkyl carbamates (subject to hydrolysis) is 1. The van der Waals surface area contributed by atoms with Crippen molar-refractivity contribution < 1.29 is 28.6 Å². The molecule has 3 rings (SSSR count). The topological polar surface area (TPSA) is 90.9 Å². The fourth-order valence-corrected chi connectivity index (χ4v) is 2.57. The molecule has 7 nitrogen and oxygen atoms in total. The van der Waals surface area contributed by atoms with Gasteiger partial charge < -0.3 is 19.5 Å². The summed E-state index contributed by atoms with van der Waals surface area (Å²) >= 11 is 0. The molecule has 140 valence electrons. The Labute approximate surface area is 156 Å². The summed E-state index contributed by atoms with van der Waals surface area (Å²) in [7, 11) is 0. The van der Waals surface area contributed by atoms with Gasteiger partial charge in [0.15, 0.2) is 0 Å². The van der Waals surface area contributed by atoms with Gasteiger partial charge >= 0.3 is 18.0 Å². The standard InChI is InChI=1S/C20H19NO6/c22-18-16(21-20(24)26-13-15-9-5-2-6-10-15)11-17(27-18)19(23)25-12-14-7-3-1-4-8-14/h1-10,16-17H,11-13H2,(H,21,24)/t16-,17?/m0/s1. The van der Waals surface area contributed by atoms with E-state index in [0.717, 1.165) is 11.1 Å². The highest BCUT2D eigenvalue weighted by atomic mass is 16.6. The van der Waals surface area contributed by atoms with Gasteiger partial charge in [0.2, 0.25) is 6.10 Å². The number of benzene rings is 2. The van der Waals surface area contributed by atoms with Crippen molar-refractivity contribution in [3.63, 3.8) is 0 Å². The SMILES string of the molecule is O=C(N[C@H]1CC(C(=O)OCc2ccccc2)OC1=O)OCc1ccccc1. The second kappa shape index (κ2) is 8.84. The number of rotatable bonds is 6. The Morgan fingerprint density at radius 1 is 0.926 bits per heavy atom. The molecule has 2 atom stereocenters. The van der Waals surface area contributed by atoms with E-state index < -0.39 is 30.2 Å². The predicted molar refractivity (Wildman–Crippen MR) is 94.3 cm³/mol. The second-order valence-corrected chi connectivity index (χ2v) is 6.01. The molecular formula is C20H19NO6. The average Bonchev–Trinajstić information content (AvgIpc) is 3.06. The lowest BCUT2D eigenvalue weighted by Gasteiger charge is -2.10. The van der Waals surface area contributed by atoms with E-state index in [0.29, 0.717) is 0 Å². The molecule has 0 aliphatic carbocycles. The largest absolute Gasteiger partial charge is 0.458 e. The molecule has 2 aromatic carbocycles. The lowest BCUT2D eigenvalue weighted by atomic mass is 10.2. The summed E-state index contributed by atoms with van der Waals surface area (Å²) in [5.41, 5.74) is 1.65. The van der Waals surface area contributed by atoms with Crippen LogP contribution < -0.4 is 5.32 Å². The Kier molecular flexibility index (Phi) is 6.04. The maximum absolute atomic E-state index is 12.1. The average molecular weight is 369 g/mol. The zero-order valence-corrected chi connectivity index (χ0v) is 14.5. The van der Waals surface area contributed by atoms with Gasteiger partial charge in [-0.3, -0.25) is 0 Å². The number of ether oxygens (including phenoxy) is 3. The summed E-state index contributed by atoms with van der Waals surface area (Å²) < 4.78 is 15.2. The Morgan fingerprint density at radius 3 is 2.07 bits per heavy atom. The number of esters is 2. The van der Waals surface area contributed by atoms with Gasteiger partial charge in [0.25, 0.3) is 0 Å². The van der Waals surface area contributed by atoms with Crippen molar-refractivity contribution in [1.29, 1.82) is 0 Å². The number of nitrogens with one attached hydrogen (secondary N) is 1. The van der Waals surface area contributed by atoms with Gasteiger partial charge in [-0.2, -0.15) is 0 Å². The number of carbonyl (C=O) groups is 3. The molecule has 1 aliphatic rings. The van der Waals surface area contributed by atoms with Gasteiger partial charge in [-0.1, -0.05) is 60.7 Å². The van der Waals surface area contributed by atoms with Gasteiger partial charge in [0, 0.05) is 6.42 Å². The highest BCUT2D eigenvalue weighted by Gasteiger charge is 2.40. The van der Waals surface area contributed by atoms with Crippen molar-refractivity contribution in [2.75, 3.05) is 0 Å². The second-order valence-electron chi connectivity index (χ2n) is 6.01. The van der Waals surface area contributed by atoms with Crippen LogP contribution in [0.2, 0.25) is 0 Å². The zero-order valence-electron chi connectivity index (χ0n) is 14.5. The molecule has 0 bridgehead atoms. The lowest BCUT2D eigenvalue weighted by Crippen LogP contribution is -2.38. The first kappa shape index (κ1) is 18.4. The summed E-state index contributed by atoms with van der Waals surface area (Å²) in [6.07, 6.45) is -1.79. The fraction of sp³-hybridized carbons (Fsp3) is 0.250. The van der Waals surface area contributed by atoms with Gasteiger partial charge in [-0.05, 0) is 11.1 Å². The van der Waals surface area contributed by atoms with Gasteiger partial charge in [-0.15, -0.1) is 0 Å². The van der Waals surface area contributed by atoms with Crippen LogP contribution in [0.4, 0.5) is 4.79 Å². The van der Waals surface area contributed by atoms with E-state index in [1.165, 1.54) is 0 Å². The maximum Gasteiger partial charge on any atom is 0.408 e. The Hall–Kier alpha value is -3.35. The third kappa shape index (κ3) is 5.31. The van der Waals surface area contributed by atoms with E-state index in [1.807, 2.05) is 60.7 Å². The van der Waals surface area contributed by atoms with E-state index >= 15 is 0 Å². The molecule has 27 heavy (non-hydrogen) atoms. The van der Waals surface area contributed by atoms with Crippen molar-refractivity contribution in [3.05, 3.63) is 71.8 Å². The highest BCUT2D eigenvalue weighted by Crippen LogP contribution is 2.17. The van der Waals surface area contributed by atoms with Crippen molar-refractivity contribution in [2.24, 2.45) is 0 Å². The Morgan fingerprint density at radius 2 is 1.48 bits per heavy atom. The van der Waals surface area contributed by atoms with Crippen LogP contribution in [-0.4, -0.2) is 30.2 Å². The molecule has 2 aromatic rings. The van der Waals surface area contributed by atoms with Crippen LogP contribution in [0.5, 0.6) is 0 Å². The minimum absolute atomic E-state index is 0.00684. The summed E-state index contributed by atoms with van der Waals surface area (Å²) in [6, 6.07) is 17.4. The molecule has 1 aliphatic heterocycles. The molecule has 1 unspecified atom stereocenters. The summed E-state index contributed by atoms with van der Waals surface area (Å²) in [5, 5.41) is 2.41. The van der Waals surface area contributed by atoms with Gasteiger partial charge in [0.05, 0.1) is 0 Å². The van der Waals surface area contributed by atoms with Crippen LogP contribution in [0.1, 0.15) is 17.5 Å². The third-order valence-corrected chi connectivity index (χ3v) is 3.98. The monoisotopic (exact) mass is 369 g/mol. The number of amides is 1. The first-order valence-electron chi connectivity index (χ1n) is 8.50. The zero-order chi connectivity index (χ0) is 19.1. The van der Waals surface area contributed by atoms with Gasteiger partial charge in [0.1, 0.15) is 19.3 Å². The molecule has 0 spiro atoms. The van der Waals surface area contributed by atoms with Crippen molar-refractivity contribution in [2.45, 2.75) is 31.8 Å². The first-order chi connectivity index (χ1) is 13.1. The molecule has 0 saturated carbocycles. The van der Waals surface area contributed by atoms with Crippen LogP contribution in [0, 0.1) is 0 Å². The third-order valence-electron chi connectivity index (χ3n) is 3.98. The van der Waals surface area contributed by atoms with Crippen molar-refractivity contribution >= 4 is 18.0 Å². The Bertz CT molecular complexity index is 793. The summed E-state index contributed by atoms with van der Waals surface area (Å²) in [6.45, 7) is 0.169. The smallest absolute Gasteiger partial charge is 0.408 e. The maximum atomic E-state index is 12.1.